The second-order valence-corrected chi connectivity index (χ2v) is 9.15. The molecule has 152 valence electrons. The first kappa shape index (κ1) is 24.9. The van der Waals surface area contributed by atoms with Gasteiger partial charge in [-0.2, -0.15) is 8.42 Å². The van der Waals surface area contributed by atoms with Gasteiger partial charge in [0.25, 0.3) is 10.1 Å². The van der Waals surface area contributed by atoms with Crippen molar-refractivity contribution in [2.45, 2.75) is 64.2 Å². The van der Waals surface area contributed by atoms with Crippen molar-refractivity contribution in [3.63, 3.8) is 0 Å². The summed E-state index contributed by atoms with van der Waals surface area (Å²) in [7, 11) is 0.364. The minimum Gasteiger partial charge on any atom is -0.345 e. The molecule has 0 atom stereocenters. The Bertz CT molecular complexity index is 524. The number of carbonyl (C=O) groups is 1. The lowest BCUT2D eigenvalue weighted by Crippen LogP contribution is -2.41. The van der Waals surface area contributed by atoms with Crippen molar-refractivity contribution in [3.05, 3.63) is 0 Å². The number of hydrogen-bond donors (Lipinski definition) is 2. The van der Waals surface area contributed by atoms with Crippen LogP contribution in [0, 0.1) is 12.3 Å². The topological polar surface area (TPSA) is 83.5 Å². The van der Waals surface area contributed by atoms with Gasteiger partial charge >= 0.3 is 0 Å². The maximum Gasteiger partial charge on any atom is 0.265 e. The summed E-state index contributed by atoms with van der Waals surface area (Å²) in [6.07, 6.45) is 15.3. The molecule has 0 aromatic rings. The van der Waals surface area contributed by atoms with E-state index >= 15 is 0 Å². The molecule has 7 heteroatoms. The van der Waals surface area contributed by atoms with Gasteiger partial charge in [0.05, 0.1) is 39.5 Å². The van der Waals surface area contributed by atoms with Crippen molar-refractivity contribution in [2.24, 2.45) is 0 Å². The molecule has 26 heavy (non-hydrogen) atoms. The Morgan fingerprint density at radius 2 is 1.46 bits per heavy atom. The number of nitrogens with zero attached hydrogens (tertiary/aromatic N) is 1. The molecule has 1 amide bonds. The highest BCUT2D eigenvalue weighted by atomic mass is 32.2. The number of terminal acetylenes is 1. The van der Waals surface area contributed by atoms with E-state index in [-0.39, 0.29) is 11.7 Å². The molecule has 0 aliphatic rings. The Labute approximate surface area is 160 Å². The quantitative estimate of drug-likeness (QED) is 0.184. The predicted molar refractivity (Wildman–Crippen MR) is 106 cm³/mol. The van der Waals surface area contributed by atoms with Crippen LogP contribution in [0.4, 0.5) is 0 Å². The van der Waals surface area contributed by atoms with Crippen LogP contribution in [0.25, 0.3) is 0 Å². The van der Waals surface area contributed by atoms with Crippen molar-refractivity contribution in [1.29, 1.82) is 0 Å². The monoisotopic (exact) mass is 389 g/mol. The smallest absolute Gasteiger partial charge is 0.265 e. The normalized spacial score (nSPS) is 11.9. The third kappa shape index (κ3) is 17.7. The van der Waals surface area contributed by atoms with Crippen LogP contribution in [-0.2, 0) is 14.9 Å². The lowest BCUT2D eigenvalue weighted by Gasteiger charge is -2.29. The summed E-state index contributed by atoms with van der Waals surface area (Å²) >= 11 is 0. The number of hydrogen-bond acceptors (Lipinski definition) is 3. The molecular weight excluding hydrogens is 352 g/mol. The van der Waals surface area contributed by atoms with Crippen LogP contribution in [0.15, 0.2) is 0 Å². The first-order valence-corrected chi connectivity index (χ1v) is 11.2. The lowest BCUT2D eigenvalue weighted by atomic mass is 10.1. The molecule has 6 nitrogen and oxygen atoms in total. The summed E-state index contributed by atoms with van der Waals surface area (Å²) in [4.78, 5) is 11.4. The summed E-state index contributed by atoms with van der Waals surface area (Å²) in [5.74, 6) is 2.28. The minimum atomic E-state index is -3.84. The number of carbonyl (C=O) groups excluding carboxylic acids is 1. The number of unbranched alkanes of at least 4 members (excludes halogenated alkanes) is 7. The maximum atomic E-state index is 11.4. The molecule has 0 aromatic heterocycles. The van der Waals surface area contributed by atoms with Gasteiger partial charge in [0.2, 0.25) is 5.91 Å². The molecule has 0 aromatic carbocycles. The van der Waals surface area contributed by atoms with Crippen molar-refractivity contribution >= 4 is 16.0 Å². The average Bonchev–Trinajstić information content (AvgIpc) is 2.53. The fourth-order valence-corrected chi connectivity index (χ4v) is 3.40. The van der Waals surface area contributed by atoms with Gasteiger partial charge < -0.3 is 9.80 Å². The van der Waals surface area contributed by atoms with Crippen molar-refractivity contribution in [2.75, 3.05) is 39.5 Å². The lowest BCUT2D eigenvalue weighted by molar-refractivity contribution is -0.890. The molecule has 0 bridgehead atoms. The average molecular weight is 390 g/mol. The molecule has 0 spiro atoms. The summed E-state index contributed by atoms with van der Waals surface area (Å²) in [6, 6.07) is 0. The fraction of sp³-hybridized carbons (Fsp3) is 0.842. The molecule has 2 N–H and O–H groups in total. The van der Waals surface area contributed by atoms with Gasteiger partial charge in [0, 0.05) is 12.8 Å². The van der Waals surface area contributed by atoms with E-state index in [9.17, 15) is 13.2 Å². The first-order chi connectivity index (χ1) is 12.2. The van der Waals surface area contributed by atoms with E-state index < -0.39 is 10.1 Å². The van der Waals surface area contributed by atoms with E-state index in [1.54, 1.807) is 0 Å². The summed E-state index contributed by atoms with van der Waals surface area (Å²) in [5.41, 5.74) is 0. The zero-order valence-electron chi connectivity index (χ0n) is 16.5. The molecule has 0 fully saturated rings. The second kappa shape index (κ2) is 14.0. The zero-order valence-corrected chi connectivity index (χ0v) is 17.3. The molecule has 0 unspecified atom stereocenters. The highest BCUT2D eigenvalue weighted by molar-refractivity contribution is 7.85. The van der Waals surface area contributed by atoms with E-state index in [0.29, 0.717) is 19.4 Å². The van der Waals surface area contributed by atoms with Gasteiger partial charge in [-0.05, 0) is 19.3 Å². The molecule has 0 rings (SSSR count). The van der Waals surface area contributed by atoms with Crippen molar-refractivity contribution in [1.82, 2.24) is 5.32 Å². The van der Waals surface area contributed by atoms with Gasteiger partial charge in [-0.15, -0.1) is 6.42 Å². The Kier molecular flexibility index (Phi) is 13.4. The number of quaternary nitrogens is 1. The molecule has 0 heterocycles. The first-order valence-electron chi connectivity index (χ1n) is 9.63. The summed E-state index contributed by atoms with van der Waals surface area (Å²) < 4.78 is 31.0. The zero-order chi connectivity index (χ0) is 19.9. The number of nitrogens with one attached hydrogen (secondary N) is 1. The molecule has 0 radical (unpaired) electrons. The van der Waals surface area contributed by atoms with Crippen molar-refractivity contribution in [3.8, 4) is 12.3 Å². The van der Waals surface area contributed by atoms with E-state index in [0.717, 1.165) is 36.8 Å². The van der Waals surface area contributed by atoms with Crippen LogP contribution in [-0.4, -0.2) is 62.8 Å². The van der Waals surface area contributed by atoms with Gasteiger partial charge in [-0.1, -0.05) is 38.0 Å². The van der Waals surface area contributed by atoms with Crippen LogP contribution in [0.2, 0.25) is 0 Å². The Morgan fingerprint density at radius 1 is 0.962 bits per heavy atom. The third-order valence-electron chi connectivity index (χ3n) is 4.47. The SMILES string of the molecule is C#CCNC(=O)CCCCCCCCCC[N+](C)(C)CCCS(=O)(=O)O. The van der Waals surface area contributed by atoms with E-state index in [1.807, 2.05) is 0 Å². The van der Waals surface area contributed by atoms with Gasteiger partial charge in [-0.25, -0.2) is 0 Å². The van der Waals surface area contributed by atoms with Crippen molar-refractivity contribution < 1.29 is 22.2 Å². The van der Waals surface area contributed by atoms with Crippen LogP contribution < -0.4 is 5.32 Å². The molecule has 0 saturated heterocycles. The number of rotatable bonds is 16. The second-order valence-electron chi connectivity index (χ2n) is 7.58. The Hall–Kier alpha value is -1.10. The van der Waals surface area contributed by atoms with Gasteiger partial charge in [-0.3, -0.25) is 9.35 Å². The maximum absolute atomic E-state index is 11.4. The summed E-state index contributed by atoms with van der Waals surface area (Å²) in [6.45, 7) is 2.10. The van der Waals surface area contributed by atoms with Crippen LogP contribution in [0.3, 0.4) is 0 Å². The molecular formula is C19H37N2O4S+. The third-order valence-corrected chi connectivity index (χ3v) is 5.28. The van der Waals surface area contributed by atoms with E-state index in [1.165, 1.54) is 32.1 Å². The number of amides is 1. The largest absolute Gasteiger partial charge is 0.345 e. The molecule has 0 aliphatic heterocycles. The summed E-state index contributed by atoms with van der Waals surface area (Å²) in [5, 5.41) is 2.67. The van der Waals surface area contributed by atoms with Gasteiger partial charge in [0.15, 0.2) is 0 Å². The van der Waals surface area contributed by atoms with Gasteiger partial charge in [0.1, 0.15) is 0 Å². The van der Waals surface area contributed by atoms with Crippen LogP contribution in [0.5, 0.6) is 0 Å². The Morgan fingerprint density at radius 3 is 2.00 bits per heavy atom. The standard InChI is InChI=1S/C19H36N2O4S/c1-4-15-20-19(22)14-11-9-7-5-6-8-10-12-16-21(2,3)17-13-18-26(23,24)25/h1H,5-18H2,2-3H3,(H-,20,22,23,24,25)/p+1. The van der Waals surface area contributed by atoms with Crippen LogP contribution in [0.1, 0.15) is 64.2 Å². The highest BCUT2D eigenvalue weighted by Gasteiger charge is 2.16. The fourth-order valence-electron chi connectivity index (χ4n) is 2.91. The Balaban J connectivity index is 3.47. The van der Waals surface area contributed by atoms with Crippen LogP contribution >= 0.6 is 0 Å². The molecule has 0 saturated carbocycles. The minimum absolute atomic E-state index is 0.0419. The highest BCUT2D eigenvalue weighted by Crippen LogP contribution is 2.11. The van der Waals surface area contributed by atoms with E-state index in [4.69, 9.17) is 11.0 Å². The molecule has 0 aliphatic carbocycles. The van der Waals surface area contributed by atoms with E-state index in [2.05, 4.69) is 25.3 Å². The predicted octanol–water partition coefficient (Wildman–Crippen LogP) is 2.60.